The van der Waals surface area contributed by atoms with Gasteiger partial charge in [0.25, 0.3) is 0 Å². The van der Waals surface area contributed by atoms with Gasteiger partial charge in [-0.1, -0.05) is 36.4 Å². The standard InChI is InChI=1S/C16H17FN2O/c1-12(13-6-3-2-4-7-13)18-11-16(20)19-15-9-5-8-14(17)10-15/h2-10,12,18H,11H2,1H3,(H,19,20)/t12-/m0/s1. The van der Waals surface area contributed by atoms with Crippen LogP contribution in [-0.2, 0) is 4.79 Å². The minimum atomic E-state index is -0.367. The first kappa shape index (κ1) is 14.2. The van der Waals surface area contributed by atoms with Gasteiger partial charge in [-0.3, -0.25) is 4.79 Å². The van der Waals surface area contributed by atoms with Crippen LogP contribution in [-0.4, -0.2) is 12.5 Å². The number of rotatable bonds is 5. The minimum Gasteiger partial charge on any atom is -0.325 e. The summed E-state index contributed by atoms with van der Waals surface area (Å²) in [5.41, 5.74) is 1.58. The Morgan fingerprint density at radius 2 is 1.90 bits per heavy atom. The first-order valence-corrected chi connectivity index (χ1v) is 6.49. The molecule has 0 saturated heterocycles. The van der Waals surface area contributed by atoms with Gasteiger partial charge in [-0.15, -0.1) is 0 Å². The molecule has 0 fully saturated rings. The van der Waals surface area contributed by atoms with Crippen molar-refractivity contribution in [3.63, 3.8) is 0 Å². The molecule has 0 bridgehead atoms. The van der Waals surface area contributed by atoms with Crippen molar-refractivity contribution in [2.45, 2.75) is 13.0 Å². The Morgan fingerprint density at radius 3 is 2.60 bits per heavy atom. The normalized spacial score (nSPS) is 11.9. The summed E-state index contributed by atoms with van der Waals surface area (Å²) in [5.74, 6) is -0.563. The maximum absolute atomic E-state index is 13.0. The van der Waals surface area contributed by atoms with Gasteiger partial charge in [0, 0.05) is 11.7 Å². The molecule has 2 aromatic carbocycles. The van der Waals surface area contributed by atoms with E-state index >= 15 is 0 Å². The monoisotopic (exact) mass is 272 g/mol. The summed E-state index contributed by atoms with van der Waals surface area (Å²) in [4.78, 5) is 11.8. The summed E-state index contributed by atoms with van der Waals surface area (Å²) in [5, 5.41) is 5.78. The number of carbonyl (C=O) groups is 1. The van der Waals surface area contributed by atoms with Gasteiger partial charge in [0.2, 0.25) is 5.91 Å². The van der Waals surface area contributed by atoms with Gasteiger partial charge in [-0.05, 0) is 30.7 Å². The van der Waals surface area contributed by atoms with Crippen molar-refractivity contribution in [1.29, 1.82) is 0 Å². The molecular formula is C16H17FN2O. The Labute approximate surface area is 117 Å². The smallest absolute Gasteiger partial charge is 0.238 e. The molecule has 0 radical (unpaired) electrons. The first-order chi connectivity index (χ1) is 9.65. The molecule has 104 valence electrons. The Balaban J connectivity index is 1.83. The fraction of sp³-hybridized carbons (Fsp3) is 0.188. The van der Waals surface area contributed by atoms with Crippen molar-refractivity contribution in [2.24, 2.45) is 0 Å². The average Bonchev–Trinajstić information content (AvgIpc) is 2.46. The topological polar surface area (TPSA) is 41.1 Å². The predicted molar refractivity (Wildman–Crippen MR) is 77.9 cm³/mol. The molecule has 2 aromatic rings. The van der Waals surface area contributed by atoms with Gasteiger partial charge >= 0.3 is 0 Å². The number of benzene rings is 2. The average molecular weight is 272 g/mol. The van der Waals surface area contributed by atoms with Crippen LogP contribution in [0.4, 0.5) is 10.1 Å². The lowest BCUT2D eigenvalue weighted by Crippen LogP contribution is -2.30. The first-order valence-electron chi connectivity index (χ1n) is 6.49. The zero-order valence-corrected chi connectivity index (χ0v) is 11.3. The molecule has 0 heterocycles. The van der Waals surface area contributed by atoms with E-state index in [1.165, 1.54) is 12.1 Å². The second-order valence-electron chi connectivity index (χ2n) is 4.57. The van der Waals surface area contributed by atoms with E-state index < -0.39 is 0 Å². The third-order valence-electron chi connectivity index (χ3n) is 2.98. The van der Waals surface area contributed by atoms with E-state index in [-0.39, 0.29) is 24.3 Å². The molecule has 0 unspecified atom stereocenters. The zero-order valence-electron chi connectivity index (χ0n) is 11.3. The molecule has 0 aliphatic carbocycles. The number of hydrogen-bond donors (Lipinski definition) is 2. The van der Waals surface area contributed by atoms with Crippen molar-refractivity contribution in [3.8, 4) is 0 Å². The highest BCUT2D eigenvalue weighted by Gasteiger charge is 2.07. The van der Waals surface area contributed by atoms with Crippen LogP contribution in [0.25, 0.3) is 0 Å². The molecule has 0 saturated carbocycles. The summed E-state index contributed by atoms with van der Waals surface area (Å²) < 4.78 is 13.0. The molecule has 3 nitrogen and oxygen atoms in total. The van der Waals surface area contributed by atoms with E-state index in [9.17, 15) is 9.18 Å². The summed E-state index contributed by atoms with van der Waals surface area (Å²) in [6.07, 6.45) is 0. The largest absolute Gasteiger partial charge is 0.325 e. The van der Waals surface area contributed by atoms with Crippen molar-refractivity contribution >= 4 is 11.6 Å². The lowest BCUT2D eigenvalue weighted by molar-refractivity contribution is -0.115. The van der Waals surface area contributed by atoms with Crippen LogP contribution >= 0.6 is 0 Å². The van der Waals surface area contributed by atoms with Gasteiger partial charge in [-0.2, -0.15) is 0 Å². The second-order valence-corrected chi connectivity index (χ2v) is 4.57. The quantitative estimate of drug-likeness (QED) is 0.878. The highest BCUT2D eigenvalue weighted by Crippen LogP contribution is 2.11. The molecular weight excluding hydrogens is 255 g/mol. The van der Waals surface area contributed by atoms with Crippen LogP contribution in [0.5, 0.6) is 0 Å². The predicted octanol–water partition coefficient (Wildman–Crippen LogP) is 3.12. The number of anilines is 1. The van der Waals surface area contributed by atoms with Gasteiger partial charge in [0.1, 0.15) is 5.82 Å². The van der Waals surface area contributed by atoms with Crippen LogP contribution in [0, 0.1) is 5.82 Å². The highest BCUT2D eigenvalue weighted by atomic mass is 19.1. The SMILES string of the molecule is C[C@H](NCC(=O)Nc1cccc(F)c1)c1ccccc1. The van der Waals surface area contributed by atoms with E-state index in [4.69, 9.17) is 0 Å². The molecule has 1 amide bonds. The van der Waals surface area contributed by atoms with Crippen molar-refractivity contribution in [2.75, 3.05) is 11.9 Å². The number of amides is 1. The molecule has 2 N–H and O–H groups in total. The summed E-state index contributed by atoms with van der Waals surface area (Å²) >= 11 is 0. The second kappa shape index (κ2) is 6.82. The van der Waals surface area contributed by atoms with E-state index in [1.54, 1.807) is 12.1 Å². The molecule has 0 aliphatic rings. The lowest BCUT2D eigenvalue weighted by Gasteiger charge is -2.14. The number of halogens is 1. The van der Waals surface area contributed by atoms with Crippen molar-refractivity contribution < 1.29 is 9.18 Å². The molecule has 0 aliphatic heterocycles. The van der Waals surface area contributed by atoms with Gasteiger partial charge < -0.3 is 10.6 Å². The van der Waals surface area contributed by atoms with Crippen LogP contribution in [0.15, 0.2) is 54.6 Å². The van der Waals surface area contributed by atoms with Gasteiger partial charge in [0.15, 0.2) is 0 Å². The third kappa shape index (κ3) is 4.17. The van der Waals surface area contributed by atoms with Crippen LogP contribution < -0.4 is 10.6 Å². The van der Waals surface area contributed by atoms with Crippen molar-refractivity contribution in [1.82, 2.24) is 5.32 Å². The van der Waals surface area contributed by atoms with Gasteiger partial charge in [-0.25, -0.2) is 4.39 Å². The highest BCUT2D eigenvalue weighted by molar-refractivity contribution is 5.92. The summed E-state index contributed by atoms with van der Waals surface area (Å²) in [6.45, 7) is 2.16. The Hall–Kier alpha value is -2.20. The number of carbonyl (C=O) groups excluding carboxylic acids is 1. The van der Waals surface area contributed by atoms with E-state index in [1.807, 2.05) is 37.3 Å². The third-order valence-corrected chi connectivity index (χ3v) is 2.98. The van der Waals surface area contributed by atoms with Crippen LogP contribution in [0.1, 0.15) is 18.5 Å². The Morgan fingerprint density at radius 1 is 1.15 bits per heavy atom. The molecule has 4 heteroatoms. The molecule has 1 atom stereocenters. The molecule has 0 aromatic heterocycles. The van der Waals surface area contributed by atoms with E-state index in [2.05, 4.69) is 10.6 Å². The number of hydrogen-bond acceptors (Lipinski definition) is 2. The molecule has 2 rings (SSSR count). The van der Waals surface area contributed by atoms with E-state index in [0.717, 1.165) is 5.56 Å². The fourth-order valence-corrected chi connectivity index (χ4v) is 1.88. The van der Waals surface area contributed by atoms with Crippen molar-refractivity contribution in [3.05, 3.63) is 66.0 Å². The Bertz CT molecular complexity index is 572. The van der Waals surface area contributed by atoms with Crippen LogP contribution in [0.2, 0.25) is 0 Å². The van der Waals surface area contributed by atoms with Crippen LogP contribution in [0.3, 0.4) is 0 Å². The zero-order chi connectivity index (χ0) is 14.4. The maximum Gasteiger partial charge on any atom is 0.238 e. The Kier molecular flexibility index (Phi) is 4.85. The lowest BCUT2D eigenvalue weighted by atomic mass is 10.1. The van der Waals surface area contributed by atoms with E-state index in [0.29, 0.717) is 5.69 Å². The maximum atomic E-state index is 13.0. The molecule has 0 spiro atoms. The van der Waals surface area contributed by atoms with Gasteiger partial charge in [0.05, 0.1) is 6.54 Å². The number of nitrogens with one attached hydrogen (secondary N) is 2. The minimum absolute atomic E-state index is 0.0782. The molecule has 20 heavy (non-hydrogen) atoms. The fourth-order valence-electron chi connectivity index (χ4n) is 1.88. The summed E-state index contributed by atoms with van der Waals surface area (Å²) in [7, 11) is 0. The summed E-state index contributed by atoms with van der Waals surface area (Å²) in [6, 6.07) is 15.8.